The number of aryl methyl sites for hydroxylation is 2. The van der Waals surface area contributed by atoms with E-state index in [4.69, 9.17) is 17.8 Å². The van der Waals surface area contributed by atoms with Crippen molar-refractivity contribution in [3.63, 3.8) is 0 Å². The Morgan fingerprint density at radius 3 is 1.58 bits per heavy atom. The standard InChI is InChI=1S/C42H42N2O6S2/c1-31-12-17-41(32(2)26-31)52(45,46)50-51(38-15-13-35(14-16-38)49-42(3,4)5,39-10-6-8-36(27-39)47-29-33-18-22-43-23-19-33)40-11-7-9-37(28-40)48-30-34-20-24-44-25-21-34/h6-28H,29-30H2,1-5H3. The molecule has 2 aromatic heterocycles. The van der Waals surface area contributed by atoms with Crippen LogP contribution in [0.3, 0.4) is 0 Å². The number of rotatable bonds is 13. The second kappa shape index (κ2) is 15.6. The topological polar surface area (TPSA) is 96.8 Å². The number of hydrogen-bond donors (Lipinski definition) is 0. The lowest BCUT2D eigenvalue weighted by Gasteiger charge is -2.40. The molecule has 4 aromatic carbocycles. The quantitative estimate of drug-likeness (QED) is 0.116. The maximum atomic E-state index is 14.6. The second-order valence-corrected chi connectivity index (χ2v) is 17.7. The molecule has 0 spiro atoms. The lowest BCUT2D eigenvalue weighted by molar-refractivity contribution is 0.131. The summed E-state index contributed by atoms with van der Waals surface area (Å²) in [5, 5.41) is 0. The van der Waals surface area contributed by atoms with Gasteiger partial charge in [0.1, 0.15) is 36.1 Å². The van der Waals surface area contributed by atoms with E-state index in [-0.39, 0.29) is 4.90 Å². The van der Waals surface area contributed by atoms with Crippen molar-refractivity contribution in [2.24, 2.45) is 0 Å². The Labute approximate surface area is 308 Å². The molecular formula is C42H42N2O6S2. The highest BCUT2D eigenvalue weighted by atomic mass is 32.3. The lowest BCUT2D eigenvalue weighted by Crippen LogP contribution is -2.22. The van der Waals surface area contributed by atoms with Crippen molar-refractivity contribution in [1.82, 2.24) is 9.97 Å². The van der Waals surface area contributed by atoms with Gasteiger partial charge in [0.15, 0.2) is 0 Å². The summed E-state index contributed by atoms with van der Waals surface area (Å²) < 4.78 is 54.7. The van der Waals surface area contributed by atoms with Gasteiger partial charge in [0.2, 0.25) is 0 Å². The molecule has 0 radical (unpaired) electrons. The Morgan fingerprint density at radius 1 is 0.577 bits per heavy atom. The molecule has 6 aromatic rings. The molecule has 0 aliphatic rings. The minimum absolute atomic E-state index is 0.0952. The van der Waals surface area contributed by atoms with Crippen LogP contribution in [0.4, 0.5) is 0 Å². The van der Waals surface area contributed by atoms with Gasteiger partial charge < -0.3 is 14.2 Å². The van der Waals surface area contributed by atoms with E-state index < -0.39 is 26.0 Å². The zero-order chi connectivity index (χ0) is 36.8. The summed E-state index contributed by atoms with van der Waals surface area (Å²) in [6, 6.07) is 35.1. The molecule has 0 atom stereocenters. The number of nitrogens with zero attached hydrogens (tertiary/aromatic N) is 2. The number of benzene rings is 4. The Morgan fingerprint density at radius 2 is 1.10 bits per heavy atom. The van der Waals surface area contributed by atoms with Gasteiger partial charge in [-0.05, 0) is 153 Å². The summed E-state index contributed by atoms with van der Waals surface area (Å²) in [7, 11) is -7.43. The molecule has 0 aliphatic carbocycles. The molecule has 2 heterocycles. The van der Waals surface area contributed by atoms with Gasteiger partial charge in [-0.15, -0.1) is 0 Å². The van der Waals surface area contributed by atoms with Crippen LogP contribution in [0.5, 0.6) is 17.2 Å². The normalized spacial score (nSPS) is 12.2. The molecule has 10 heteroatoms. The fraction of sp³-hybridized carbons (Fsp3) is 0.190. The van der Waals surface area contributed by atoms with Crippen molar-refractivity contribution >= 4 is 20.4 Å². The smallest absolute Gasteiger partial charge is 0.307 e. The molecule has 0 saturated heterocycles. The molecule has 6 rings (SSSR count). The van der Waals surface area contributed by atoms with Crippen LogP contribution in [0.1, 0.15) is 43.0 Å². The minimum atomic E-state index is -4.37. The van der Waals surface area contributed by atoms with E-state index in [0.717, 1.165) is 16.7 Å². The molecule has 0 N–H and O–H groups in total. The summed E-state index contributed by atoms with van der Waals surface area (Å²) in [4.78, 5) is 10.2. The van der Waals surface area contributed by atoms with E-state index >= 15 is 0 Å². The fourth-order valence-electron chi connectivity index (χ4n) is 5.61. The molecule has 0 aliphatic heterocycles. The molecule has 0 saturated carbocycles. The zero-order valence-corrected chi connectivity index (χ0v) is 31.5. The van der Waals surface area contributed by atoms with Crippen LogP contribution < -0.4 is 14.2 Å². The molecule has 268 valence electrons. The van der Waals surface area contributed by atoms with E-state index in [9.17, 15) is 8.42 Å². The van der Waals surface area contributed by atoms with Crippen LogP contribution in [0.15, 0.2) is 160 Å². The minimum Gasteiger partial charge on any atom is -0.489 e. The van der Waals surface area contributed by atoms with Crippen molar-refractivity contribution in [3.8, 4) is 17.2 Å². The van der Waals surface area contributed by atoms with Gasteiger partial charge in [0.25, 0.3) is 0 Å². The highest BCUT2D eigenvalue weighted by Gasteiger charge is 2.39. The van der Waals surface area contributed by atoms with Crippen LogP contribution >= 0.6 is 10.3 Å². The van der Waals surface area contributed by atoms with Crippen molar-refractivity contribution in [2.75, 3.05) is 0 Å². The third kappa shape index (κ3) is 8.82. The first-order chi connectivity index (χ1) is 24.9. The van der Waals surface area contributed by atoms with E-state index in [0.29, 0.717) is 50.7 Å². The Hall–Kier alpha value is -5.16. The first-order valence-corrected chi connectivity index (χ1v) is 19.8. The van der Waals surface area contributed by atoms with Gasteiger partial charge in [-0.1, -0.05) is 29.8 Å². The first-order valence-electron chi connectivity index (χ1n) is 16.8. The molecule has 8 nitrogen and oxygen atoms in total. The van der Waals surface area contributed by atoms with E-state index in [1.807, 2.05) is 131 Å². The summed E-state index contributed by atoms with van der Waals surface area (Å²) in [5.74, 6) is 1.75. The third-order valence-corrected chi connectivity index (χ3v) is 13.3. The van der Waals surface area contributed by atoms with Gasteiger partial charge in [-0.2, -0.15) is 8.42 Å². The maximum Gasteiger partial charge on any atom is 0.307 e. The van der Waals surface area contributed by atoms with Gasteiger partial charge in [0.05, 0.1) is 4.90 Å². The average Bonchev–Trinajstić information content (AvgIpc) is 3.13. The molecule has 0 amide bonds. The lowest BCUT2D eigenvalue weighted by atomic mass is 10.2. The molecule has 52 heavy (non-hydrogen) atoms. The number of pyridine rings is 2. The van der Waals surface area contributed by atoms with E-state index in [1.165, 1.54) is 0 Å². The Bertz CT molecular complexity index is 2140. The predicted molar refractivity (Wildman–Crippen MR) is 203 cm³/mol. The molecular weight excluding hydrogens is 693 g/mol. The zero-order valence-electron chi connectivity index (χ0n) is 29.9. The largest absolute Gasteiger partial charge is 0.489 e. The third-order valence-electron chi connectivity index (χ3n) is 7.96. The summed E-state index contributed by atoms with van der Waals surface area (Å²) in [6.45, 7) is 10.2. The summed E-state index contributed by atoms with van der Waals surface area (Å²) in [6.07, 6.45) is 6.86. The highest BCUT2D eigenvalue weighted by Crippen LogP contribution is 2.71. The van der Waals surface area contributed by atoms with Crippen LogP contribution in [0.25, 0.3) is 0 Å². The number of aromatic nitrogens is 2. The Balaban J connectivity index is 1.54. The van der Waals surface area contributed by atoms with Crippen molar-refractivity contribution < 1.29 is 26.3 Å². The number of ether oxygens (including phenoxy) is 3. The van der Waals surface area contributed by atoms with Crippen LogP contribution in [0, 0.1) is 13.8 Å². The van der Waals surface area contributed by atoms with Crippen LogP contribution in [-0.4, -0.2) is 24.0 Å². The molecule has 0 fully saturated rings. The maximum absolute atomic E-state index is 14.6. The second-order valence-electron chi connectivity index (χ2n) is 13.3. The van der Waals surface area contributed by atoms with E-state index in [2.05, 4.69) is 9.97 Å². The van der Waals surface area contributed by atoms with Gasteiger partial charge in [0, 0.05) is 39.5 Å². The molecule has 0 unspecified atom stereocenters. The summed E-state index contributed by atoms with van der Waals surface area (Å²) >= 11 is 0. The van der Waals surface area contributed by atoms with Crippen molar-refractivity contribution in [2.45, 2.75) is 73.0 Å². The van der Waals surface area contributed by atoms with Gasteiger partial charge in [-0.25, -0.2) is 3.63 Å². The van der Waals surface area contributed by atoms with Crippen molar-refractivity contribution in [1.29, 1.82) is 0 Å². The molecule has 0 bridgehead atoms. The average molecular weight is 735 g/mol. The van der Waals surface area contributed by atoms with Crippen LogP contribution in [0.2, 0.25) is 0 Å². The van der Waals surface area contributed by atoms with Crippen LogP contribution in [-0.2, 0) is 27.0 Å². The van der Waals surface area contributed by atoms with E-state index in [1.54, 1.807) is 43.8 Å². The first kappa shape index (κ1) is 36.6. The SMILES string of the molecule is Cc1ccc(S(=O)(=O)OS(c2ccc(OC(C)(C)C)cc2)(c2cccc(OCc3ccncc3)c2)c2cccc(OCc3ccncc3)c2)c(C)c1. The predicted octanol–water partition coefficient (Wildman–Crippen LogP) is 10.0. The Kier molecular flexibility index (Phi) is 11.0. The summed E-state index contributed by atoms with van der Waals surface area (Å²) in [5.41, 5.74) is 2.99. The van der Waals surface area contributed by atoms with Crippen molar-refractivity contribution in [3.05, 3.63) is 162 Å². The highest BCUT2D eigenvalue weighted by molar-refractivity contribution is 8.33. The van der Waals surface area contributed by atoms with Gasteiger partial charge >= 0.3 is 10.1 Å². The fourth-order valence-corrected chi connectivity index (χ4v) is 11.0. The van der Waals surface area contributed by atoms with Gasteiger partial charge in [-0.3, -0.25) is 9.97 Å². The monoisotopic (exact) mass is 734 g/mol. The number of hydrogen-bond acceptors (Lipinski definition) is 8.